The van der Waals surface area contributed by atoms with Crippen molar-refractivity contribution in [3.05, 3.63) is 65.7 Å². The third kappa shape index (κ3) is 4.39. The molecule has 27 heavy (non-hydrogen) atoms. The molecule has 6 heteroatoms. The maximum atomic E-state index is 12.4. The maximum absolute atomic E-state index is 12.4. The Hall–Kier alpha value is -2.60. The van der Waals surface area contributed by atoms with Crippen LogP contribution in [0.5, 0.6) is 0 Å². The lowest BCUT2D eigenvalue weighted by Gasteiger charge is -2.20. The van der Waals surface area contributed by atoms with Crippen LogP contribution in [-0.2, 0) is 14.8 Å². The summed E-state index contributed by atoms with van der Waals surface area (Å²) in [5.41, 5.74) is 4.14. The third-order valence-corrected chi connectivity index (χ3v) is 6.52. The summed E-state index contributed by atoms with van der Waals surface area (Å²) in [6.45, 7) is 4.38. The van der Waals surface area contributed by atoms with E-state index in [-0.39, 0.29) is 11.7 Å². The third-order valence-electron chi connectivity index (χ3n) is 4.66. The fourth-order valence-corrected chi connectivity index (χ4v) is 4.93. The summed E-state index contributed by atoms with van der Waals surface area (Å²) >= 11 is 0. The molecule has 0 radical (unpaired) electrons. The number of aryl methyl sites for hydroxylation is 1. The number of nitrogens with zero attached hydrogens (tertiary/aromatic N) is 1. The largest absolute Gasteiger partial charge is 0.322 e. The number of benzene rings is 2. The molecule has 3 rings (SSSR count). The fraction of sp³-hybridized carbons (Fsp3) is 0.286. The molecule has 0 saturated carbocycles. The second kappa shape index (κ2) is 7.96. The topological polar surface area (TPSA) is 66.5 Å². The van der Waals surface area contributed by atoms with E-state index in [1.54, 1.807) is 18.2 Å². The van der Waals surface area contributed by atoms with Gasteiger partial charge in [-0.2, -0.15) is 0 Å². The second-order valence-electron chi connectivity index (χ2n) is 6.62. The summed E-state index contributed by atoms with van der Waals surface area (Å²) in [6, 6.07) is 15.1. The highest BCUT2D eigenvalue weighted by molar-refractivity contribution is 7.93. The summed E-state index contributed by atoms with van der Waals surface area (Å²) < 4.78 is 25.7. The molecule has 1 N–H and O–H groups in total. The Kier molecular flexibility index (Phi) is 5.65. The molecule has 0 atom stereocenters. The molecular formula is C21H24N2O3S. The average molecular weight is 385 g/mol. The van der Waals surface area contributed by atoms with E-state index in [0.29, 0.717) is 24.3 Å². The van der Waals surface area contributed by atoms with Crippen LogP contribution < -0.4 is 9.62 Å². The quantitative estimate of drug-likeness (QED) is 0.793. The van der Waals surface area contributed by atoms with E-state index < -0.39 is 10.0 Å². The lowest BCUT2D eigenvalue weighted by molar-refractivity contribution is -0.111. The SMILES string of the molecule is CC/C(=C\C(=O)Nc1ccc(N2CCCS2(=O)=O)c(C)c1)c1ccccc1. The van der Waals surface area contributed by atoms with Crippen LogP contribution in [0.25, 0.3) is 5.57 Å². The number of hydrogen-bond donors (Lipinski definition) is 1. The first-order valence-electron chi connectivity index (χ1n) is 9.09. The van der Waals surface area contributed by atoms with Crippen molar-refractivity contribution in [2.75, 3.05) is 21.9 Å². The molecule has 0 bridgehead atoms. The number of amides is 1. The average Bonchev–Trinajstić information content (AvgIpc) is 2.99. The number of anilines is 2. The van der Waals surface area contributed by atoms with Crippen LogP contribution in [0.3, 0.4) is 0 Å². The summed E-state index contributed by atoms with van der Waals surface area (Å²) in [6.07, 6.45) is 3.01. The predicted molar refractivity (Wildman–Crippen MR) is 110 cm³/mol. The van der Waals surface area contributed by atoms with Crippen LogP contribution in [0.15, 0.2) is 54.6 Å². The maximum Gasteiger partial charge on any atom is 0.248 e. The van der Waals surface area contributed by atoms with Crippen LogP contribution >= 0.6 is 0 Å². The van der Waals surface area contributed by atoms with Gasteiger partial charge in [0.25, 0.3) is 0 Å². The molecular weight excluding hydrogens is 360 g/mol. The number of carbonyl (C=O) groups is 1. The zero-order chi connectivity index (χ0) is 19.4. The highest BCUT2D eigenvalue weighted by Crippen LogP contribution is 2.29. The molecule has 1 amide bonds. The van der Waals surface area contributed by atoms with Crippen molar-refractivity contribution in [3.63, 3.8) is 0 Å². The zero-order valence-electron chi connectivity index (χ0n) is 15.6. The number of allylic oxidation sites excluding steroid dienone is 1. The van der Waals surface area contributed by atoms with E-state index in [1.165, 1.54) is 4.31 Å². The molecule has 0 spiro atoms. The van der Waals surface area contributed by atoms with Crippen LogP contribution in [-0.4, -0.2) is 26.6 Å². The summed E-state index contributed by atoms with van der Waals surface area (Å²) in [7, 11) is -3.21. The minimum Gasteiger partial charge on any atom is -0.322 e. The van der Waals surface area contributed by atoms with Gasteiger partial charge in [0.2, 0.25) is 15.9 Å². The Bertz CT molecular complexity index is 966. The minimum atomic E-state index is -3.21. The number of rotatable bonds is 5. The highest BCUT2D eigenvalue weighted by Gasteiger charge is 2.29. The monoisotopic (exact) mass is 384 g/mol. The lowest BCUT2D eigenvalue weighted by atomic mass is 10.0. The van der Waals surface area contributed by atoms with E-state index in [0.717, 1.165) is 23.1 Å². The van der Waals surface area contributed by atoms with E-state index in [1.807, 2.05) is 50.2 Å². The fourth-order valence-electron chi connectivity index (χ4n) is 3.30. The molecule has 142 valence electrons. The first-order chi connectivity index (χ1) is 12.9. The summed E-state index contributed by atoms with van der Waals surface area (Å²) in [5, 5.41) is 2.87. The number of sulfonamides is 1. The van der Waals surface area contributed by atoms with Gasteiger partial charge in [0, 0.05) is 18.3 Å². The molecule has 5 nitrogen and oxygen atoms in total. The van der Waals surface area contributed by atoms with Gasteiger partial charge in [-0.15, -0.1) is 0 Å². The van der Waals surface area contributed by atoms with Crippen LogP contribution in [0.2, 0.25) is 0 Å². The van der Waals surface area contributed by atoms with E-state index >= 15 is 0 Å². The Labute approximate surface area is 160 Å². The predicted octanol–water partition coefficient (Wildman–Crippen LogP) is 3.97. The van der Waals surface area contributed by atoms with Gasteiger partial charge in [0.1, 0.15) is 0 Å². The van der Waals surface area contributed by atoms with Crippen LogP contribution in [0, 0.1) is 6.92 Å². The molecule has 1 fully saturated rings. The molecule has 2 aromatic carbocycles. The van der Waals surface area contributed by atoms with Crippen molar-refractivity contribution in [1.29, 1.82) is 0 Å². The number of carbonyl (C=O) groups excluding carboxylic acids is 1. The van der Waals surface area contributed by atoms with Gasteiger partial charge in [-0.1, -0.05) is 37.3 Å². The first kappa shape index (κ1) is 19.2. The van der Waals surface area contributed by atoms with Crippen molar-refractivity contribution < 1.29 is 13.2 Å². The smallest absolute Gasteiger partial charge is 0.248 e. The normalized spacial score (nSPS) is 16.4. The Morgan fingerprint density at radius 1 is 1.19 bits per heavy atom. The van der Waals surface area contributed by atoms with Crippen LogP contribution in [0.1, 0.15) is 30.9 Å². The Morgan fingerprint density at radius 2 is 1.93 bits per heavy atom. The van der Waals surface area contributed by atoms with Crippen molar-refractivity contribution in [2.24, 2.45) is 0 Å². The highest BCUT2D eigenvalue weighted by atomic mass is 32.2. The van der Waals surface area contributed by atoms with Gasteiger partial charge in [-0.25, -0.2) is 8.42 Å². The molecule has 1 aliphatic heterocycles. The van der Waals surface area contributed by atoms with E-state index in [2.05, 4.69) is 5.32 Å². The van der Waals surface area contributed by atoms with Gasteiger partial charge >= 0.3 is 0 Å². The molecule has 0 aliphatic carbocycles. The molecule has 1 heterocycles. The second-order valence-corrected chi connectivity index (χ2v) is 8.63. The zero-order valence-corrected chi connectivity index (χ0v) is 16.4. The standard InChI is InChI=1S/C21H24N2O3S/c1-3-17(18-8-5-4-6-9-18)15-21(24)22-19-10-11-20(16(2)14-19)23-12-7-13-27(23,25)26/h4-6,8-11,14-15H,3,7,12-13H2,1-2H3,(H,22,24)/b17-15+. The van der Waals surface area contributed by atoms with Gasteiger partial charge in [-0.3, -0.25) is 9.10 Å². The number of hydrogen-bond acceptors (Lipinski definition) is 3. The van der Waals surface area contributed by atoms with Gasteiger partial charge in [0.05, 0.1) is 11.4 Å². The minimum absolute atomic E-state index is 0.189. The molecule has 1 aliphatic rings. The Balaban J connectivity index is 1.77. The molecule has 1 saturated heterocycles. The molecule has 2 aromatic rings. The van der Waals surface area contributed by atoms with Crippen molar-refractivity contribution >= 4 is 32.9 Å². The van der Waals surface area contributed by atoms with Gasteiger partial charge < -0.3 is 5.32 Å². The summed E-state index contributed by atoms with van der Waals surface area (Å²) in [5.74, 6) is -0.00806. The van der Waals surface area contributed by atoms with Crippen molar-refractivity contribution in [3.8, 4) is 0 Å². The van der Waals surface area contributed by atoms with E-state index in [4.69, 9.17) is 0 Å². The number of nitrogens with one attached hydrogen (secondary N) is 1. The Morgan fingerprint density at radius 3 is 2.52 bits per heavy atom. The molecule has 0 aromatic heterocycles. The van der Waals surface area contributed by atoms with Gasteiger partial charge in [0.15, 0.2) is 0 Å². The summed E-state index contributed by atoms with van der Waals surface area (Å²) in [4.78, 5) is 12.4. The van der Waals surface area contributed by atoms with Crippen LogP contribution in [0.4, 0.5) is 11.4 Å². The molecule has 0 unspecified atom stereocenters. The van der Waals surface area contributed by atoms with E-state index in [9.17, 15) is 13.2 Å². The lowest BCUT2D eigenvalue weighted by Crippen LogP contribution is -2.25. The first-order valence-corrected chi connectivity index (χ1v) is 10.7. The van der Waals surface area contributed by atoms with Crippen molar-refractivity contribution in [1.82, 2.24) is 0 Å². The van der Waals surface area contributed by atoms with Gasteiger partial charge in [-0.05, 0) is 54.7 Å². The van der Waals surface area contributed by atoms with Crippen molar-refractivity contribution in [2.45, 2.75) is 26.7 Å².